The first-order valence-electron chi connectivity index (χ1n) is 5.41. The van der Waals surface area contributed by atoms with Gasteiger partial charge >= 0.3 is 0 Å². The molecule has 0 unspecified atom stereocenters. The Balaban J connectivity index is 2.43. The summed E-state index contributed by atoms with van der Waals surface area (Å²) in [7, 11) is 1.55. The summed E-state index contributed by atoms with van der Waals surface area (Å²) in [5.41, 5.74) is 1.05. The number of aromatic nitrogens is 1. The van der Waals surface area contributed by atoms with E-state index in [0.717, 1.165) is 17.5 Å². The van der Waals surface area contributed by atoms with Gasteiger partial charge in [0, 0.05) is 16.8 Å². The SMILES string of the molecule is COc1cccc2cc3cc(F)c(F)cc3nc12. The summed E-state index contributed by atoms with van der Waals surface area (Å²) in [6.45, 7) is 0. The molecule has 0 saturated heterocycles. The standard InChI is InChI=1S/C14H9F2NO/c1-18-13-4-2-3-8-5-9-6-10(15)11(16)7-12(9)17-14(8)13/h2-7H,1H3. The molecular weight excluding hydrogens is 236 g/mol. The number of hydrogen-bond acceptors (Lipinski definition) is 2. The zero-order valence-electron chi connectivity index (χ0n) is 9.58. The van der Waals surface area contributed by atoms with Crippen LogP contribution in [0.5, 0.6) is 5.75 Å². The van der Waals surface area contributed by atoms with Gasteiger partial charge in [0.1, 0.15) is 11.3 Å². The molecule has 18 heavy (non-hydrogen) atoms. The molecule has 3 rings (SSSR count). The van der Waals surface area contributed by atoms with E-state index in [4.69, 9.17) is 4.74 Å². The third-order valence-corrected chi connectivity index (χ3v) is 2.86. The highest BCUT2D eigenvalue weighted by molar-refractivity contribution is 5.95. The predicted molar refractivity (Wildman–Crippen MR) is 65.7 cm³/mol. The molecule has 3 aromatic rings. The van der Waals surface area contributed by atoms with Crippen LogP contribution in [0.15, 0.2) is 36.4 Å². The van der Waals surface area contributed by atoms with E-state index in [1.165, 1.54) is 0 Å². The van der Waals surface area contributed by atoms with E-state index < -0.39 is 11.6 Å². The minimum Gasteiger partial charge on any atom is -0.494 e. The molecule has 0 aliphatic heterocycles. The molecule has 2 aromatic carbocycles. The Hall–Kier alpha value is -2.23. The Morgan fingerprint density at radius 2 is 1.78 bits per heavy atom. The van der Waals surface area contributed by atoms with Crippen LogP contribution in [-0.4, -0.2) is 12.1 Å². The van der Waals surface area contributed by atoms with Crippen LogP contribution in [0.4, 0.5) is 8.78 Å². The zero-order valence-corrected chi connectivity index (χ0v) is 9.58. The largest absolute Gasteiger partial charge is 0.494 e. The second-order valence-electron chi connectivity index (χ2n) is 3.98. The lowest BCUT2D eigenvalue weighted by Crippen LogP contribution is -1.91. The van der Waals surface area contributed by atoms with Gasteiger partial charge in [0.15, 0.2) is 11.6 Å². The van der Waals surface area contributed by atoms with Gasteiger partial charge in [0.05, 0.1) is 12.6 Å². The Bertz CT molecular complexity index is 755. The average molecular weight is 245 g/mol. The number of halogens is 2. The van der Waals surface area contributed by atoms with Gasteiger partial charge in [-0.05, 0) is 18.2 Å². The van der Waals surface area contributed by atoms with Gasteiger partial charge in [0.25, 0.3) is 0 Å². The third-order valence-electron chi connectivity index (χ3n) is 2.86. The van der Waals surface area contributed by atoms with Crippen LogP contribution in [0.2, 0.25) is 0 Å². The minimum atomic E-state index is -0.899. The Morgan fingerprint density at radius 1 is 1.00 bits per heavy atom. The monoisotopic (exact) mass is 245 g/mol. The average Bonchev–Trinajstić information content (AvgIpc) is 2.37. The number of ether oxygens (including phenoxy) is 1. The molecule has 90 valence electrons. The van der Waals surface area contributed by atoms with Gasteiger partial charge in [-0.3, -0.25) is 0 Å². The fraction of sp³-hybridized carbons (Fsp3) is 0.0714. The maximum Gasteiger partial charge on any atom is 0.161 e. The molecule has 0 saturated carbocycles. The first kappa shape index (κ1) is 10.9. The van der Waals surface area contributed by atoms with Crippen LogP contribution in [0.3, 0.4) is 0 Å². The summed E-state index contributed by atoms with van der Waals surface area (Å²) in [6.07, 6.45) is 0. The number of para-hydroxylation sites is 1. The summed E-state index contributed by atoms with van der Waals surface area (Å²) in [4.78, 5) is 4.32. The molecule has 0 amide bonds. The lowest BCUT2D eigenvalue weighted by atomic mass is 10.1. The molecule has 2 nitrogen and oxygen atoms in total. The second kappa shape index (κ2) is 3.91. The topological polar surface area (TPSA) is 22.1 Å². The quantitative estimate of drug-likeness (QED) is 0.610. The van der Waals surface area contributed by atoms with Crippen molar-refractivity contribution < 1.29 is 13.5 Å². The van der Waals surface area contributed by atoms with E-state index in [9.17, 15) is 8.78 Å². The van der Waals surface area contributed by atoms with Crippen LogP contribution in [0, 0.1) is 11.6 Å². The van der Waals surface area contributed by atoms with Crippen molar-refractivity contribution in [3.63, 3.8) is 0 Å². The molecule has 0 bridgehead atoms. The number of nitrogens with zero attached hydrogens (tertiary/aromatic N) is 1. The predicted octanol–water partition coefficient (Wildman–Crippen LogP) is 3.67. The van der Waals surface area contributed by atoms with Crippen molar-refractivity contribution in [2.75, 3.05) is 7.11 Å². The van der Waals surface area contributed by atoms with Crippen LogP contribution in [-0.2, 0) is 0 Å². The van der Waals surface area contributed by atoms with Crippen molar-refractivity contribution in [3.05, 3.63) is 48.0 Å². The molecule has 0 aliphatic carbocycles. The minimum absolute atomic E-state index is 0.408. The number of rotatable bonds is 1. The number of benzene rings is 2. The molecule has 0 atom stereocenters. The van der Waals surface area contributed by atoms with Gasteiger partial charge in [-0.1, -0.05) is 12.1 Å². The maximum absolute atomic E-state index is 13.2. The Morgan fingerprint density at radius 3 is 2.56 bits per heavy atom. The molecule has 4 heteroatoms. The number of methoxy groups -OCH3 is 1. The van der Waals surface area contributed by atoms with Gasteiger partial charge in [-0.2, -0.15) is 0 Å². The van der Waals surface area contributed by atoms with Crippen molar-refractivity contribution in [1.29, 1.82) is 0 Å². The number of fused-ring (bicyclic) bond motifs is 2. The fourth-order valence-corrected chi connectivity index (χ4v) is 1.99. The van der Waals surface area contributed by atoms with Crippen LogP contribution in [0.25, 0.3) is 21.8 Å². The van der Waals surface area contributed by atoms with Gasteiger partial charge < -0.3 is 4.74 Å². The summed E-state index contributed by atoms with van der Waals surface area (Å²) < 4.78 is 31.6. The van der Waals surface area contributed by atoms with Crippen molar-refractivity contribution in [1.82, 2.24) is 4.98 Å². The van der Waals surface area contributed by atoms with E-state index in [2.05, 4.69) is 4.98 Å². The molecule has 0 spiro atoms. The Kier molecular flexibility index (Phi) is 2.37. The van der Waals surface area contributed by atoms with E-state index in [-0.39, 0.29) is 0 Å². The van der Waals surface area contributed by atoms with Crippen LogP contribution in [0.1, 0.15) is 0 Å². The van der Waals surface area contributed by atoms with Crippen molar-refractivity contribution in [3.8, 4) is 5.75 Å². The third kappa shape index (κ3) is 1.57. The highest BCUT2D eigenvalue weighted by Crippen LogP contribution is 2.27. The molecule has 1 heterocycles. The fourth-order valence-electron chi connectivity index (χ4n) is 1.99. The second-order valence-corrected chi connectivity index (χ2v) is 3.98. The van der Waals surface area contributed by atoms with E-state index in [1.807, 2.05) is 12.1 Å². The van der Waals surface area contributed by atoms with E-state index in [1.54, 1.807) is 19.2 Å². The van der Waals surface area contributed by atoms with Crippen molar-refractivity contribution in [2.24, 2.45) is 0 Å². The number of hydrogen-bond donors (Lipinski definition) is 0. The first-order chi connectivity index (χ1) is 8.69. The summed E-state index contributed by atoms with van der Waals surface area (Å²) >= 11 is 0. The molecule has 0 radical (unpaired) electrons. The lowest BCUT2D eigenvalue weighted by molar-refractivity contribution is 0.419. The smallest absolute Gasteiger partial charge is 0.161 e. The molecule has 0 fully saturated rings. The van der Waals surface area contributed by atoms with Gasteiger partial charge in [-0.25, -0.2) is 13.8 Å². The van der Waals surface area contributed by atoms with Gasteiger partial charge in [0.2, 0.25) is 0 Å². The van der Waals surface area contributed by atoms with Crippen LogP contribution >= 0.6 is 0 Å². The van der Waals surface area contributed by atoms with Crippen LogP contribution < -0.4 is 4.74 Å². The van der Waals surface area contributed by atoms with E-state index in [0.29, 0.717) is 22.2 Å². The summed E-state index contributed by atoms with van der Waals surface area (Å²) in [5, 5.41) is 1.39. The van der Waals surface area contributed by atoms with Crippen molar-refractivity contribution in [2.45, 2.75) is 0 Å². The highest BCUT2D eigenvalue weighted by atomic mass is 19.2. The molecular formula is C14H9F2NO. The lowest BCUT2D eigenvalue weighted by Gasteiger charge is -2.06. The van der Waals surface area contributed by atoms with E-state index >= 15 is 0 Å². The Labute approximate surface area is 102 Å². The summed E-state index contributed by atoms with van der Waals surface area (Å²) in [6, 6.07) is 9.47. The summed E-state index contributed by atoms with van der Waals surface area (Å²) in [5.74, 6) is -1.16. The van der Waals surface area contributed by atoms with Gasteiger partial charge in [-0.15, -0.1) is 0 Å². The molecule has 0 aliphatic rings. The molecule has 1 aromatic heterocycles. The highest BCUT2D eigenvalue weighted by Gasteiger charge is 2.08. The maximum atomic E-state index is 13.2. The van der Waals surface area contributed by atoms with Crippen molar-refractivity contribution >= 4 is 21.8 Å². The number of pyridine rings is 1. The first-order valence-corrected chi connectivity index (χ1v) is 5.41. The zero-order chi connectivity index (χ0) is 12.7. The molecule has 0 N–H and O–H groups in total. The normalized spacial score (nSPS) is 11.1.